The minimum absolute atomic E-state index is 0.0246. The predicted octanol–water partition coefficient (Wildman–Crippen LogP) is 2.87. The summed E-state index contributed by atoms with van der Waals surface area (Å²) in [5.74, 6) is 0.607. The molecule has 0 bridgehead atoms. The number of rotatable bonds is 8. The maximum Gasteiger partial charge on any atom is 0.189 e. The van der Waals surface area contributed by atoms with Crippen LogP contribution in [-0.2, 0) is 11.2 Å². The number of ether oxygens (including phenoxy) is 2. The molecule has 0 spiro atoms. The van der Waals surface area contributed by atoms with E-state index in [4.69, 9.17) is 15.2 Å². The van der Waals surface area contributed by atoms with Gasteiger partial charge in [0.15, 0.2) is 18.4 Å². The first-order valence-electron chi connectivity index (χ1n) is 6.94. The van der Waals surface area contributed by atoms with E-state index in [0.29, 0.717) is 18.9 Å². The molecule has 1 fully saturated rings. The average Bonchev–Trinajstić information content (AvgIpc) is 3.21. The maximum atomic E-state index is 13.8. The van der Waals surface area contributed by atoms with Crippen LogP contribution in [0.25, 0.3) is 0 Å². The summed E-state index contributed by atoms with van der Waals surface area (Å²) in [6, 6.07) is 4.97. The van der Waals surface area contributed by atoms with E-state index in [0.717, 1.165) is 12.0 Å². The summed E-state index contributed by atoms with van der Waals surface area (Å²) in [6.45, 7) is 2.83. The first kappa shape index (κ1) is 14.3. The lowest BCUT2D eigenvalue weighted by Gasteiger charge is -2.15. The number of hydrogen-bond acceptors (Lipinski definition) is 3. The third-order valence-corrected chi connectivity index (χ3v) is 3.39. The third-order valence-electron chi connectivity index (χ3n) is 3.39. The molecule has 0 aliphatic heterocycles. The summed E-state index contributed by atoms with van der Waals surface area (Å²) in [5, 5.41) is 0. The van der Waals surface area contributed by atoms with Crippen LogP contribution in [0.1, 0.15) is 31.7 Å². The summed E-state index contributed by atoms with van der Waals surface area (Å²) in [4.78, 5) is 0. The SMILES string of the molecule is CCC(N)Cc1cccc(F)c1OCOCC1CC1. The monoisotopic (exact) mass is 267 g/mol. The molecule has 3 nitrogen and oxygen atoms in total. The first-order valence-corrected chi connectivity index (χ1v) is 6.94. The zero-order valence-corrected chi connectivity index (χ0v) is 11.4. The lowest BCUT2D eigenvalue weighted by atomic mass is 10.0. The van der Waals surface area contributed by atoms with E-state index < -0.39 is 0 Å². The number of halogens is 1. The lowest BCUT2D eigenvalue weighted by Crippen LogP contribution is -2.22. The van der Waals surface area contributed by atoms with Gasteiger partial charge in [0.2, 0.25) is 0 Å². The molecule has 0 heterocycles. The van der Waals surface area contributed by atoms with Crippen LogP contribution in [0.4, 0.5) is 4.39 Å². The number of benzene rings is 1. The van der Waals surface area contributed by atoms with Crippen LogP contribution in [0.15, 0.2) is 18.2 Å². The van der Waals surface area contributed by atoms with Crippen molar-refractivity contribution in [2.24, 2.45) is 11.7 Å². The van der Waals surface area contributed by atoms with Crippen LogP contribution in [0.5, 0.6) is 5.75 Å². The van der Waals surface area contributed by atoms with Crippen molar-refractivity contribution in [1.29, 1.82) is 0 Å². The number of nitrogens with two attached hydrogens (primary N) is 1. The van der Waals surface area contributed by atoms with Crippen molar-refractivity contribution in [3.8, 4) is 5.75 Å². The van der Waals surface area contributed by atoms with Gasteiger partial charge in [-0.05, 0) is 43.2 Å². The number of para-hydroxylation sites is 1. The maximum absolute atomic E-state index is 13.8. The quantitative estimate of drug-likeness (QED) is 0.582. The van der Waals surface area contributed by atoms with Crippen LogP contribution in [-0.4, -0.2) is 19.4 Å². The summed E-state index contributed by atoms with van der Waals surface area (Å²) in [5.41, 5.74) is 6.73. The smallest absolute Gasteiger partial charge is 0.189 e. The Morgan fingerprint density at radius 2 is 2.21 bits per heavy atom. The Bertz CT molecular complexity index is 407. The summed E-state index contributed by atoms with van der Waals surface area (Å²) < 4.78 is 24.6. The van der Waals surface area contributed by atoms with E-state index in [1.807, 2.05) is 13.0 Å². The van der Waals surface area contributed by atoms with E-state index >= 15 is 0 Å². The molecule has 0 amide bonds. The molecule has 0 aromatic heterocycles. The van der Waals surface area contributed by atoms with Crippen molar-refractivity contribution in [2.75, 3.05) is 13.4 Å². The van der Waals surface area contributed by atoms with Crippen molar-refractivity contribution in [3.63, 3.8) is 0 Å². The molecule has 1 saturated carbocycles. The lowest BCUT2D eigenvalue weighted by molar-refractivity contribution is 0.00733. The van der Waals surface area contributed by atoms with Gasteiger partial charge < -0.3 is 15.2 Å². The average molecular weight is 267 g/mol. The molecule has 106 valence electrons. The van der Waals surface area contributed by atoms with Crippen LogP contribution >= 0.6 is 0 Å². The van der Waals surface area contributed by atoms with Gasteiger partial charge >= 0.3 is 0 Å². The molecule has 2 rings (SSSR count). The van der Waals surface area contributed by atoms with Gasteiger partial charge in [-0.25, -0.2) is 4.39 Å². The fourth-order valence-corrected chi connectivity index (χ4v) is 1.90. The van der Waals surface area contributed by atoms with E-state index in [1.54, 1.807) is 6.07 Å². The molecule has 0 radical (unpaired) electrons. The highest BCUT2D eigenvalue weighted by Gasteiger charge is 2.21. The van der Waals surface area contributed by atoms with Gasteiger partial charge in [0, 0.05) is 6.04 Å². The molecule has 0 saturated heterocycles. The Hall–Kier alpha value is -1.13. The third kappa shape index (κ3) is 4.48. The largest absolute Gasteiger partial charge is 0.464 e. The molecule has 1 atom stereocenters. The summed E-state index contributed by atoms with van der Waals surface area (Å²) in [7, 11) is 0. The van der Waals surface area contributed by atoms with E-state index in [1.165, 1.54) is 18.9 Å². The second-order valence-corrected chi connectivity index (χ2v) is 5.18. The Kier molecular flexibility index (Phi) is 5.16. The Morgan fingerprint density at radius 3 is 2.89 bits per heavy atom. The topological polar surface area (TPSA) is 44.5 Å². The van der Waals surface area contributed by atoms with Gasteiger partial charge in [-0.15, -0.1) is 0 Å². The van der Waals surface area contributed by atoms with Gasteiger partial charge in [-0.3, -0.25) is 0 Å². The highest BCUT2D eigenvalue weighted by molar-refractivity contribution is 5.35. The molecule has 4 heteroatoms. The van der Waals surface area contributed by atoms with Crippen molar-refractivity contribution in [2.45, 2.75) is 38.6 Å². The summed E-state index contributed by atoms with van der Waals surface area (Å²) in [6.07, 6.45) is 3.94. The fourth-order valence-electron chi connectivity index (χ4n) is 1.90. The second-order valence-electron chi connectivity index (χ2n) is 5.18. The highest BCUT2D eigenvalue weighted by atomic mass is 19.1. The van der Waals surface area contributed by atoms with Crippen molar-refractivity contribution in [1.82, 2.24) is 0 Å². The fraction of sp³-hybridized carbons (Fsp3) is 0.600. The van der Waals surface area contributed by atoms with Crippen molar-refractivity contribution >= 4 is 0 Å². The normalized spacial score (nSPS) is 16.4. The Morgan fingerprint density at radius 1 is 1.42 bits per heavy atom. The molecule has 1 aliphatic rings. The van der Waals surface area contributed by atoms with Gasteiger partial charge in [-0.2, -0.15) is 0 Å². The Labute approximate surface area is 113 Å². The minimum Gasteiger partial charge on any atom is -0.464 e. The van der Waals surface area contributed by atoms with Gasteiger partial charge in [0.25, 0.3) is 0 Å². The predicted molar refractivity (Wildman–Crippen MR) is 72.5 cm³/mol. The second kappa shape index (κ2) is 6.87. The van der Waals surface area contributed by atoms with Crippen molar-refractivity contribution in [3.05, 3.63) is 29.6 Å². The standard InChI is InChI=1S/C15H22FNO2/c1-2-13(17)8-12-4-3-5-14(16)15(12)19-10-18-9-11-6-7-11/h3-5,11,13H,2,6-10,17H2,1H3. The van der Waals surface area contributed by atoms with Gasteiger partial charge in [-0.1, -0.05) is 19.1 Å². The zero-order chi connectivity index (χ0) is 13.7. The van der Waals surface area contributed by atoms with Crippen LogP contribution in [0.2, 0.25) is 0 Å². The van der Waals surface area contributed by atoms with Gasteiger partial charge in [0.1, 0.15) is 0 Å². The van der Waals surface area contributed by atoms with Crippen LogP contribution in [0, 0.1) is 11.7 Å². The van der Waals surface area contributed by atoms with E-state index in [9.17, 15) is 4.39 Å². The van der Waals surface area contributed by atoms with E-state index in [2.05, 4.69) is 0 Å². The molecule has 1 aliphatic carbocycles. The molecule has 1 aromatic rings. The zero-order valence-electron chi connectivity index (χ0n) is 11.4. The molecule has 1 unspecified atom stereocenters. The number of hydrogen-bond donors (Lipinski definition) is 1. The molecule has 2 N–H and O–H groups in total. The van der Waals surface area contributed by atoms with Crippen LogP contribution in [0.3, 0.4) is 0 Å². The molecule has 1 aromatic carbocycles. The molecular weight excluding hydrogens is 245 g/mol. The van der Waals surface area contributed by atoms with Crippen molar-refractivity contribution < 1.29 is 13.9 Å². The highest BCUT2D eigenvalue weighted by Crippen LogP contribution is 2.29. The van der Waals surface area contributed by atoms with Crippen LogP contribution < -0.4 is 10.5 Å². The van der Waals surface area contributed by atoms with E-state index in [-0.39, 0.29) is 24.4 Å². The van der Waals surface area contributed by atoms with Gasteiger partial charge in [0.05, 0.1) is 6.61 Å². The summed E-state index contributed by atoms with van der Waals surface area (Å²) >= 11 is 0. The minimum atomic E-state index is -0.351. The first-order chi connectivity index (χ1) is 9.20. The molecule has 19 heavy (non-hydrogen) atoms. The Balaban J connectivity index is 1.91. The molecular formula is C15H22FNO2.